The highest BCUT2D eigenvalue weighted by atomic mass is 16.5. The van der Waals surface area contributed by atoms with E-state index in [1.807, 2.05) is 12.1 Å². The Morgan fingerprint density at radius 3 is 2.24 bits per heavy atom. The third-order valence-corrected chi connectivity index (χ3v) is 4.34. The number of hydrogen-bond donors (Lipinski definition) is 2. The minimum absolute atomic E-state index is 0.215. The number of benzene rings is 1. The lowest BCUT2D eigenvalue weighted by atomic mass is 9.82. The van der Waals surface area contributed by atoms with Gasteiger partial charge in [-0.3, -0.25) is 0 Å². The fourth-order valence-electron chi connectivity index (χ4n) is 2.11. The fourth-order valence-corrected chi connectivity index (χ4v) is 2.11. The van der Waals surface area contributed by atoms with Gasteiger partial charge in [-0.2, -0.15) is 0 Å². The van der Waals surface area contributed by atoms with Gasteiger partial charge in [-0.15, -0.1) is 0 Å². The van der Waals surface area contributed by atoms with E-state index in [4.69, 9.17) is 10.5 Å². The lowest BCUT2D eigenvalue weighted by Crippen LogP contribution is -2.33. The summed E-state index contributed by atoms with van der Waals surface area (Å²) in [4.78, 5) is 0. The van der Waals surface area contributed by atoms with Gasteiger partial charge < -0.3 is 15.6 Å². The van der Waals surface area contributed by atoms with Gasteiger partial charge in [0.2, 0.25) is 0 Å². The van der Waals surface area contributed by atoms with Crippen LogP contribution in [0.3, 0.4) is 0 Å². The summed E-state index contributed by atoms with van der Waals surface area (Å²) in [6, 6.07) is 8.39. The molecule has 120 valence electrons. The molecule has 0 aliphatic carbocycles. The Kier molecular flexibility index (Phi) is 6.69. The van der Waals surface area contributed by atoms with Gasteiger partial charge in [0.1, 0.15) is 5.75 Å². The Balaban J connectivity index is 2.34. The van der Waals surface area contributed by atoms with Crippen LogP contribution in [-0.4, -0.2) is 23.9 Å². The molecule has 0 amide bonds. The average Bonchev–Trinajstić information content (AvgIpc) is 2.47. The summed E-state index contributed by atoms with van der Waals surface area (Å²) in [6.45, 7) is 9.49. The largest absolute Gasteiger partial charge is 0.494 e. The van der Waals surface area contributed by atoms with Crippen LogP contribution in [0.1, 0.15) is 58.9 Å². The Hall–Kier alpha value is -1.06. The first-order valence-corrected chi connectivity index (χ1v) is 7.96. The van der Waals surface area contributed by atoms with Crippen molar-refractivity contribution < 1.29 is 9.84 Å². The van der Waals surface area contributed by atoms with Crippen molar-refractivity contribution in [3.63, 3.8) is 0 Å². The van der Waals surface area contributed by atoms with Gasteiger partial charge in [-0.05, 0) is 55.7 Å². The molecule has 1 aromatic carbocycles. The maximum atomic E-state index is 9.80. The smallest absolute Gasteiger partial charge is 0.119 e. The zero-order valence-electron chi connectivity index (χ0n) is 14.0. The van der Waals surface area contributed by atoms with Crippen molar-refractivity contribution in [3.05, 3.63) is 29.8 Å². The van der Waals surface area contributed by atoms with Gasteiger partial charge in [0.15, 0.2) is 0 Å². The average molecular weight is 293 g/mol. The molecule has 0 aliphatic heterocycles. The SMILES string of the molecule is CCC(C)(C)c1ccc(OCCCCC(C)(O)CN)cc1. The number of rotatable bonds is 9. The van der Waals surface area contributed by atoms with Crippen LogP contribution in [0, 0.1) is 0 Å². The molecule has 0 saturated carbocycles. The molecule has 0 fully saturated rings. The lowest BCUT2D eigenvalue weighted by molar-refractivity contribution is 0.0562. The van der Waals surface area contributed by atoms with E-state index in [1.54, 1.807) is 6.92 Å². The predicted octanol–water partition coefficient (Wildman–Crippen LogP) is 3.63. The standard InChI is InChI=1S/C18H31NO2/c1-5-17(2,3)15-8-10-16(11-9-15)21-13-7-6-12-18(4,20)14-19/h8-11,20H,5-7,12-14,19H2,1-4H3. The van der Waals surface area contributed by atoms with E-state index in [9.17, 15) is 5.11 Å². The van der Waals surface area contributed by atoms with E-state index in [2.05, 4.69) is 32.9 Å². The highest BCUT2D eigenvalue weighted by Gasteiger charge is 2.18. The topological polar surface area (TPSA) is 55.5 Å². The Morgan fingerprint density at radius 1 is 1.10 bits per heavy atom. The van der Waals surface area contributed by atoms with E-state index in [0.717, 1.165) is 31.4 Å². The van der Waals surface area contributed by atoms with Crippen molar-refractivity contribution in [2.24, 2.45) is 5.73 Å². The van der Waals surface area contributed by atoms with E-state index in [0.29, 0.717) is 13.2 Å². The molecule has 0 spiro atoms. The molecule has 0 heterocycles. The van der Waals surface area contributed by atoms with Crippen molar-refractivity contribution >= 4 is 0 Å². The molecular weight excluding hydrogens is 262 g/mol. The van der Waals surface area contributed by atoms with Gasteiger partial charge in [0.05, 0.1) is 12.2 Å². The van der Waals surface area contributed by atoms with Crippen molar-refractivity contribution in [3.8, 4) is 5.75 Å². The minimum Gasteiger partial charge on any atom is -0.494 e. The molecule has 3 heteroatoms. The minimum atomic E-state index is -0.743. The summed E-state index contributed by atoms with van der Waals surface area (Å²) in [7, 11) is 0. The molecule has 0 bridgehead atoms. The van der Waals surface area contributed by atoms with E-state index in [1.165, 1.54) is 5.56 Å². The van der Waals surface area contributed by atoms with Crippen molar-refractivity contribution in [2.75, 3.05) is 13.2 Å². The molecule has 1 rings (SSSR count). The van der Waals surface area contributed by atoms with Crippen LogP contribution in [0.4, 0.5) is 0 Å². The number of unbranched alkanes of at least 4 members (excludes halogenated alkanes) is 1. The summed E-state index contributed by atoms with van der Waals surface area (Å²) in [5, 5.41) is 9.80. The number of aliphatic hydroxyl groups is 1. The number of hydrogen-bond acceptors (Lipinski definition) is 3. The maximum absolute atomic E-state index is 9.80. The van der Waals surface area contributed by atoms with E-state index in [-0.39, 0.29) is 5.41 Å². The second-order valence-corrected chi connectivity index (χ2v) is 6.77. The van der Waals surface area contributed by atoms with Crippen molar-refractivity contribution in [2.45, 2.75) is 64.4 Å². The first-order chi connectivity index (χ1) is 9.80. The molecule has 3 nitrogen and oxygen atoms in total. The van der Waals surface area contributed by atoms with E-state index >= 15 is 0 Å². The van der Waals surface area contributed by atoms with Crippen molar-refractivity contribution in [1.29, 1.82) is 0 Å². The molecular formula is C18H31NO2. The maximum Gasteiger partial charge on any atom is 0.119 e. The summed E-state index contributed by atoms with van der Waals surface area (Å²) < 4.78 is 5.74. The molecule has 1 unspecified atom stereocenters. The quantitative estimate of drug-likeness (QED) is 0.684. The first-order valence-electron chi connectivity index (χ1n) is 7.96. The third-order valence-electron chi connectivity index (χ3n) is 4.34. The van der Waals surface area contributed by atoms with Gasteiger partial charge in [0.25, 0.3) is 0 Å². The molecule has 0 saturated heterocycles. The molecule has 0 radical (unpaired) electrons. The zero-order valence-corrected chi connectivity index (χ0v) is 14.0. The second kappa shape index (κ2) is 7.81. The van der Waals surface area contributed by atoms with Gasteiger partial charge in [0, 0.05) is 6.54 Å². The van der Waals surface area contributed by atoms with Crippen molar-refractivity contribution in [1.82, 2.24) is 0 Å². The fraction of sp³-hybridized carbons (Fsp3) is 0.667. The van der Waals surface area contributed by atoms with Gasteiger partial charge in [-0.25, -0.2) is 0 Å². The summed E-state index contributed by atoms with van der Waals surface area (Å²) in [5.41, 5.74) is 6.31. The Labute approximate surface area is 129 Å². The van der Waals surface area contributed by atoms with Crippen LogP contribution in [0.15, 0.2) is 24.3 Å². The second-order valence-electron chi connectivity index (χ2n) is 6.77. The molecule has 1 atom stereocenters. The normalized spacial score (nSPS) is 14.8. The summed E-state index contributed by atoms with van der Waals surface area (Å²) >= 11 is 0. The van der Waals surface area contributed by atoms with Gasteiger partial charge in [-0.1, -0.05) is 32.9 Å². The first kappa shape index (κ1) is 18.0. The van der Waals surface area contributed by atoms with Crippen LogP contribution < -0.4 is 10.5 Å². The van der Waals surface area contributed by atoms with Crippen LogP contribution in [0.25, 0.3) is 0 Å². The number of nitrogens with two attached hydrogens (primary N) is 1. The molecule has 0 aliphatic rings. The summed E-state index contributed by atoms with van der Waals surface area (Å²) in [5.74, 6) is 0.913. The lowest BCUT2D eigenvalue weighted by Gasteiger charge is -2.23. The van der Waals surface area contributed by atoms with Crippen LogP contribution in [0.2, 0.25) is 0 Å². The van der Waals surface area contributed by atoms with Crippen LogP contribution in [-0.2, 0) is 5.41 Å². The Morgan fingerprint density at radius 2 is 1.71 bits per heavy atom. The summed E-state index contributed by atoms with van der Waals surface area (Å²) in [6.07, 6.45) is 3.69. The molecule has 21 heavy (non-hydrogen) atoms. The number of ether oxygens (including phenoxy) is 1. The highest BCUT2D eigenvalue weighted by Crippen LogP contribution is 2.28. The van der Waals surface area contributed by atoms with E-state index < -0.39 is 5.60 Å². The monoisotopic (exact) mass is 293 g/mol. The highest BCUT2D eigenvalue weighted by molar-refractivity contribution is 5.31. The van der Waals surface area contributed by atoms with Crippen LogP contribution in [0.5, 0.6) is 5.75 Å². The Bertz CT molecular complexity index is 410. The molecule has 3 N–H and O–H groups in total. The molecule has 1 aromatic rings. The van der Waals surface area contributed by atoms with Crippen LogP contribution >= 0.6 is 0 Å². The predicted molar refractivity (Wildman–Crippen MR) is 88.8 cm³/mol. The third kappa shape index (κ3) is 6.06. The van der Waals surface area contributed by atoms with Gasteiger partial charge >= 0.3 is 0 Å². The molecule has 0 aromatic heterocycles. The zero-order chi connectivity index (χ0) is 15.9.